The van der Waals surface area contributed by atoms with E-state index in [1.807, 2.05) is 42.5 Å². The van der Waals surface area contributed by atoms with Crippen molar-refractivity contribution < 1.29 is 4.74 Å². The number of anilines is 2. The van der Waals surface area contributed by atoms with E-state index in [0.29, 0.717) is 11.0 Å². The first-order chi connectivity index (χ1) is 10.2. The number of rotatable bonds is 3. The average molecular weight is 365 g/mol. The van der Waals surface area contributed by atoms with E-state index in [0.717, 1.165) is 26.7 Å². The van der Waals surface area contributed by atoms with Crippen LogP contribution in [0.5, 0.6) is 5.75 Å². The largest absolute Gasteiger partial charge is 0.497 e. The van der Waals surface area contributed by atoms with Crippen molar-refractivity contribution >= 4 is 49.8 Å². The summed E-state index contributed by atoms with van der Waals surface area (Å²) in [6.07, 6.45) is 0. The molecule has 0 aliphatic heterocycles. The second kappa shape index (κ2) is 5.87. The average Bonchev–Trinajstić information content (AvgIpc) is 2.52. The van der Waals surface area contributed by atoms with Gasteiger partial charge in [0.05, 0.1) is 12.8 Å². The van der Waals surface area contributed by atoms with Crippen LogP contribution in [-0.2, 0) is 0 Å². The Balaban J connectivity index is 2.08. The van der Waals surface area contributed by atoms with Crippen LogP contribution in [0, 0.1) is 0 Å². The van der Waals surface area contributed by atoms with Crippen molar-refractivity contribution in [1.29, 1.82) is 0 Å². The van der Waals surface area contributed by atoms with Gasteiger partial charge >= 0.3 is 0 Å². The zero-order valence-corrected chi connectivity index (χ0v) is 13.4. The minimum absolute atomic E-state index is 0.390. The smallest absolute Gasteiger partial charge is 0.161 e. The van der Waals surface area contributed by atoms with Crippen LogP contribution >= 0.6 is 27.5 Å². The molecule has 3 rings (SSSR count). The summed E-state index contributed by atoms with van der Waals surface area (Å²) in [5.41, 5.74) is 0.844. The Bertz CT molecular complexity index is 810. The lowest BCUT2D eigenvalue weighted by Gasteiger charge is -2.11. The summed E-state index contributed by atoms with van der Waals surface area (Å²) in [6, 6.07) is 13.4. The summed E-state index contributed by atoms with van der Waals surface area (Å²) in [7, 11) is 1.63. The molecule has 106 valence electrons. The Hall–Kier alpha value is -1.85. The lowest BCUT2D eigenvalue weighted by atomic mass is 10.2. The quantitative estimate of drug-likeness (QED) is 0.725. The minimum Gasteiger partial charge on any atom is -0.497 e. The first-order valence-corrected chi connectivity index (χ1v) is 7.37. The Morgan fingerprint density at radius 2 is 1.86 bits per heavy atom. The molecule has 0 spiro atoms. The number of ether oxygens (including phenoxy) is 1. The predicted molar refractivity (Wildman–Crippen MR) is 88.5 cm³/mol. The Morgan fingerprint density at radius 1 is 1.10 bits per heavy atom. The number of hydrogen-bond acceptors (Lipinski definition) is 4. The van der Waals surface area contributed by atoms with Crippen molar-refractivity contribution in [3.8, 4) is 5.75 Å². The molecule has 0 atom stereocenters. The van der Waals surface area contributed by atoms with E-state index in [4.69, 9.17) is 16.3 Å². The molecular weight excluding hydrogens is 354 g/mol. The third-order valence-electron chi connectivity index (χ3n) is 3.07. The predicted octanol–water partition coefficient (Wildman–Crippen LogP) is 4.80. The van der Waals surface area contributed by atoms with E-state index in [2.05, 4.69) is 31.4 Å². The molecule has 0 saturated heterocycles. The van der Waals surface area contributed by atoms with Crippen molar-refractivity contribution in [3.05, 3.63) is 52.1 Å². The molecule has 0 aliphatic carbocycles. The van der Waals surface area contributed by atoms with E-state index in [1.165, 1.54) is 0 Å². The maximum atomic E-state index is 6.08. The number of fused-ring (bicyclic) bond motifs is 1. The number of nitrogens with zero attached hydrogens (tertiary/aromatic N) is 2. The zero-order chi connectivity index (χ0) is 14.8. The SMILES string of the molecule is COc1ccc(Br)c(Nc2nnc(Cl)c3ccccc23)c1. The first-order valence-electron chi connectivity index (χ1n) is 6.20. The molecule has 2 aromatic carbocycles. The Labute approximate surface area is 135 Å². The van der Waals surface area contributed by atoms with Gasteiger partial charge in [-0.25, -0.2) is 0 Å². The number of hydrogen-bond donors (Lipinski definition) is 1. The molecule has 0 bridgehead atoms. The Kier molecular flexibility index (Phi) is 3.94. The van der Waals surface area contributed by atoms with Gasteiger partial charge in [-0.15, -0.1) is 10.2 Å². The fourth-order valence-electron chi connectivity index (χ4n) is 2.02. The van der Waals surface area contributed by atoms with E-state index in [-0.39, 0.29) is 0 Å². The van der Waals surface area contributed by atoms with Crippen molar-refractivity contribution in [2.24, 2.45) is 0 Å². The number of aromatic nitrogens is 2. The lowest BCUT2D eigenvalue weighted by molar-refractivity contribution is 0.415. The van der Waals surface area contributed by atoms with Crippen molar-refractivity contribution in [2.75, 3.05) is 12.4 Å². The van der Waals surface area contributed by atoms with Crippen LogP contribution < -0.4 is 10.1 Å². The third-order valence-corrected chi connectivity index (χ3v) is 4.04. The van der Waals surface area contributed by atoms with Crippen molar-refractivity contribution in [1.82, 2.24) is 10.2 Å². The van der Waals surface area contributed by atoms with Gasteiger partial charge in [0.2, 0.25) is 0 Å². The standard InChI is InChI=1S/C15H11BrClN3O/c1-21-9-6-7-12(16)13(8-9)18-15-11-5-3-2-4-10(11)14(17)19-20-15/h2-8H,1H3,(H,18,20). The maximum Gasteiger partial charge on any atom is 0.161 e. The molecule has 0 aliphatic rings. The normalized spacial score (nSPS) is 10.6. The van der Waals surface area contributed by atoms with Gasteiger partial charge in [0.1, 0.15) is 5.75 Å². The maximum absolute atomic E-state index is 6.08. The van der Waals surface area contributed by atoms with E-state index in [9.17, 15) is 0 Å². The van der Waals surface area contributed by atoms with Crippen molar-refractivity contribution in [3.63, 3.8) is 0 Å². The van der Waals surface area contributed by atoms with Gasteiger partial charge in [0, 0.05) is 21.3 Å². The monoisotopic (exact) mass is 363 g/mol. The van der Waals surface area contributed by atoms with Crippen LogP contribution in [0.1, 0.15) is 0 Å². The molecule has 21 heavy (non-hydrogen) atoms. The summed E-state index contributed by atoms with van der Waals surface area (Å²) < 4.78 is 6.14. The number of methoxy groups -OCH3 is 1. The molecule has 1 heterocycles. The minimum atomic E-state index is 0.390. The van der Waals surface area contributed by atoms with Gasteiger partial charge in [0.25, 0.3) is 0 Å². The highest BCUT2D eigenvalue weighted by atomic mass is 79.9. The Morgan fingerprint density at radius 3 is 2.62 bits per heavy atom. The molecule has 6 heteroatoms. The van der Waals surface area contributed by atoms with Crippen LogP contribution in [0.3, 0.4) is 0 Å². The fraction of sp³-hybridized carbons (Fsp3) is 0.0667. The molecule has 1 aromatic heterocycles. The molecule has 0 unspecified atom stereocenters. The zero-order valence-electron chi connectivity index (χ0n) is 11.1. The molecule has 0 saturated carbocycles. The molecule has 0 amide bonds. The highest BCUT2D eigenvalue weighted by molar-refractivity contribution is 9.10. The molecule has 4 nitrogen and oxygen atoms in total. The summed E-state index contributed by atoms with van der Waals surface area (Å²) >= 11 is 9.58. The summed E-state index contributed by atoms with van der Waals surface area (Å²) in [6.45, 7) is 0. The lowest BCUT2D eigenvalue weighted by Crippen LogP contribution is -1.98. The van der Waals surface area contributed by atoms with Crippen LogP contribution in [0.2, 0.25) is 5.15 Å². The van der Waals surface area contributed by atoms with Gasteiger partial charge < -0.3 is 10.1 Å². The van der Waals surface area contributed by atoms with E-state index >= 15 is 0 Å². The molecule has 1 N–H and O–H groups in total. The molecule has 3 aromatic rings. The topological polar surface area (TPSA) is 47.0 Å². The molecule has 0 radical (unpaired) electrons. The van der Waals surface area contributed by atoms with Gasteiger partial charge in [-0.3, -0.25) is 0 Å². The number of halogens is 2. The fourth-order valence-corrected chi connectivity index (χ4v) is 2.57. The third kappa shape index (κ3) is 2.80. The second-order valence-electron chi connectivity index (χ2n) is 4.36. The number of nitrogens with one attached hydrogen (secondary N) is 1. The summed E-state index contributed by atoms with van der Waals surface area (Å²) in [5.74, 6) is 1.40. The van der Waals surface area contributed by atoms with Crippen LogP contribution in [-0.4, -0.2) is 17.3 Å². The summed E-state index contributed by atoms with van der Waals surface area (Å²) in [4.78, 5) is 0. The van der Waals surface area contributed by atoms with Gasteiger partial charge in [0.15, 0.2) is 11.0 Å². The van der Waals surface area contributed by atoms with Crippen LogP contribution in [0.25, 0.3) is 10.8 Å². The highest BCUT2D eigenvalue weighted by Gasteiger charge is 2.09. The van der Waals surface area contributed by atoms with Crippen LogP contribution in [0.15, 0.2) is 46.9 Å². The van der Waals surface area contributed by atoms with Gasteiger partial charge in [-0.1, -0.05) is 35.9 Å². The second-order valence-corrected chi connectivity index (χ2v) is 5.57. The van der Waals surface area contributed by atoms with Crippen LogP contribution in [0.4, 0.5) is 11.5 Å². The highest BCUT2D eigenvalue weighted by Crippen LogP contribution is 2.32. The van der Waals surface area contributed by atoms with Gasteiger partial charge in [-0.05, 0) is 28.1 Å². The molecular formula is C15H11BrClN3O. The van der Waals surface area contributed by atoms with Crippen molar-refractivity contribution in [2.45, 2.75) is 0 Å². The summed E-state index contributed by atoms with van der Waals surface area (Å²) in [5, 5.41) is 13.5. The van der Waals surface area contributed by atoms with E-state index < -0.39 is 0 Å². The molecule has 0 fully saturated rings. The first kappa shape index (κ1) is 14.1. The van der Waals surface area contributed by atoms with E-state index in [1.54, 1.807) is 7.11 Å². The van der Waals surface area contributed by atoms with Gasteiger partial charge in [-0.2, -0.15) is 0 Å². The number of benzene rings is 2.